The Kier molecular flexibility index (Phi) is 8.12. The first-order chi connectivity index (χ1) is 16.3. The van der Waals surface area contributed by atoms with Crippen LogP contribution in [0.15, 0.2) is 60.7 Å². The van der Waals surface area contributed by atoms with Crippen molar-refractivity contribution in [2.45, 2.75) is 19.4 Å². The van der Waals surface area contributed by atoms with Gasteiger partial charge in [-0.25, -0.2) is 0 Å². The molecule has 2 aromatic rings. The molecule has 180 valence electrons. The van der Waals surface area contributed by atoms with Gasteiger partial charge in [0, 0.05) is 12.1 Å². The molecule has 3 rings (SSSR count). The van der Waals surface area contributed by atoms with Crippen molar-refractivity contribution in [1.82, 2.24) is 9.80 Å². The van der Waals surface area contributed by atoms with Gasteiger partial charge in [0.25, 0.3) is 11.7 Å². The maximum absolute atomic E-state index is 13.2. The average Bonchev–Trinajstić information content (AvgIpc) is 3.07. The van der Waals surface area contributed by atoms with Gasteiger partial charge in [-0.05, 0) is 75.4 Å². The lowest BCUT2D eigenvalue weighted by molar-refractivity contribution is -0.139. The van der Waals surface area contributed by atoms with Gasteiger partial charge >= 0.3 is 0 Å². The zero-order chi connectivity index (χ0) is 24.8. The fraction of sp³-hybridized carbons (Fsp3) is 0.333. The van der Waals surface area contributed by atoms with Crippen molar-refractivity contribution in [2.24, 2.45) is 0 Å². The zero-order valence-electron chi connectivity index (χ0n) is 20.2. The van der Waals surface area contributed by atoms with E-state index in [2.05, 4.69) is 6.58 Å². The molecule has 1 aliphatic heterocycles. The second-order valence-electron chi connectivity index (χ2n) is 8.50. The first-order valence-electron chi connectivity index (χ1n) is 11.2. The first-order valence-corrected chi connectivity index (χ1v) is 11.2. The van der Waals surface area contributed by atoms with Crippen molar-refractivity contribution in [1.29, 1.82) is 0 Å². The summed E-state index contributed by atoms with van der Waals surface area (Å²) in [4.78, 5) is 29.8. The Morgan fingerprint density at radius 1 is 1.15 bits per heavy atom. The van der Waals surface area contributed by atoms with Gasteiger partial charge in [-0.2, -0.15) is 0 Å². The molecule has 0 aromatic heterocycles. The van der Waals surface area contributed by atoms with Crippen molar-refractivity contribution in [2.75, 3.05) is 40.9 Å². The SMILES string of the molecule is C=CCOc1ccc(/C(O)=C2\C(=O)C(=O)N(CCCN(C)C)C2c2ccc(OC)cc2)c(C)c1. The molecule has 0 spiro atoms. The van der Waals surface area contributed by atoms with E-state index in [-0.39, 0.29) is 11.3 Å². The van der Waals surface area contributed by atoms with Gasteiger partial charge < -0.3 is 24.4 Å². The number of likely N-dealkylation sites (tertiary alicyclic amines) is 1. The Morgan fingerprint density at radius 3 is 2.41 bits per heavy atom. The minimum absolute atomic E-state index is 0.0860. The quantitative estimate of drug-likeness (QED) is 0.248. The summed E-state index contributed by atoms with van der Waals surface area (Å²) in [6.07, 6.45) is 2.34. The Bertz CT molecular complexity index is 1090. The molecule has 7 heteroatoms. The molecule has 34 heavy (non-hydrogen) atoms. The summed E-state index contributed by atoms with van der Waals surface area (Å²) in [6.45, 7) is 6.99. The lowest BCUT2D eigenvalue weighted by atomic mass is 9.93. The number of aryl methyl sites for hydroxylation is 1. The lowest BCUT2D eigenvalue weighted by Crippen LogP contribution is -2.32. The number of aliphatic hydroxyl groups is 1. The number of nitrogens with zero attached hydrogens (tertiary/aromatic N) is 2. The second kappa shape index (κ2) is 11.0. The van der Waals surface area contributed by atoms with Crippen LogP contribution < -0.4 is 9.47 Å². The maximum Gasteiger partial charge on any atom is 0.295 e. The topological polar surface area (TPSA) is 79.3 Å². The highest BCUT2D eigenvalue weighted by molar-refractivity contribution is 6.46. The molecule has 0 aliphatic carbocycles. The van der Waals surface area contributed by atoms with E-state index in [1.54, 1.807) is 48.4 Å². The van der Waals surface area contributed by atoms with Crippen LogP contribution in [0.3, 0.4) is 0 Å². The van der Waals surface area contributed by atoms with E-state index in [4.69, 9.17) is 9.47 Å². The van der Waals surface area contributed by atoms with Gasteiger partial charge in [0.05, 0.1) is 18.7 Å². The number of rotatable bonds is 10. The van der Waals surface area contributed by atoms with Crippen LogP contribution in [0, 0.1) is 6.92 Å². The molecule has 1 N–H and O–H groups in total. The molecule has 0 radical (unpaired) electrons. The van der Waals surface area contributed by atoms with E-state index in [9.17, 15) is 14.7 Å². The fourth-order valence-corrected chi connectivity index (χ4v) is 4.09. The van der Waals surface area contributed by atoms with E-state index >= 15 is 0 Å². The van der Waals surface area contributed by atoms with Crippen LogP contribution in [0.5, 0.6) is 11.5 Å². The first kappa shape index (κ1) is 25.1. The normalized spacial score (nSPS) is 17.3. The summed E-state index contributed by atoms with van der Waals surface area (Å²) in [5.41, 5.74) is 2.03. The fourth-order valence-electron chi connectivity index (χ4n) is 4.09. The smallest absolute Gasteiger partial charge is 0.295 e. The van der Waals surface area contributed by atoms with Crippen LogP contribution in [0.2, 0.25) is 0 Å². The summed E-state index contributed by atoms with van der Waals surface area (Å²) in [6, 6.07) is 11.7. The predicted molar refractivity (Wildman–Crippen MR) is 132 cm³/mol. The standard InChI is InChI=1S/C27H32N2O5/c1-6-16-34-21-12-13-22(18(2)17-21)25(30)23-24(19-8-10-20(33-5)11-9-19)29(27(32)26(23)31)15-7-14-28(3)4/h6,8-13,17,24,30H,1,7,14-16H2,2-5H3/b25-23+. The van der Waals surface area contributed by atoms with Crippen LogP contribution >= 0.6 is 0 Å². The highest BCUT2D eigenvalue weighted by Gasteiger charge is 2.45. The molecule has 1 fully saturated rings. The predicted octanol–water partition coefficient (Wildman–Crippen LogP) is 3.94. The van der Waals surface area contributed by atoms with E-state index in [1.807, 2.05) is 38.1 Å². The summed E-state index contributed by atoms with van der Waals surface area (Å²) in [5.74, 6) is -0.189. The number of benzene rings is 2. The highest BCUT2D eigenvalue weighted by Crippen LogP contribution is 2.40. The van der Waals surface area contributed by atoms with Gasteiger partial charge in [-0.3, -0.25) is 9.59 Å². The number of aliphatic hydroxyl groups excluding tert-OH is 1. The van der Waals surface area contributed by atoms with Crippen molar-refractivity contribution >= 4 is 17.4 Å². The van der Waals surface area contributed by atoms with Crippen molar-refractivity contribution in [3.8, 4) is 11.5 Å². The molecule has 0 bridgehead atoms. The number of carbonyl (C=O) groups is 2. The van der Waals surface area contributed by atoms with Gasteiger partial charge in [-0.15, -0.1) is 0 Å². The second-order valence-corrected chi connectivity index (χ2v) is 8.50. The molecule has 1 atom stereocenters. The molecular weight excluding hydrogens is 432 g/mol. The molecule has 0 saturated carbocycles. The van der Waals surface area contributed by atoms with Crippen LogP contribution in [0.25, 0.3) is 5.76 Å². The van der Waals surface area contributed by atoms with Crippen LogP contribution in [-0.4, -0.2) is 67.5 Å². The number of amides is 1. The Hall–Kier alpha value is -3.58. The van der Waals surface area contributed by atoms with Crippen molar-refractivity contribution in [3.05, 3.63) is 77.4 Å². The summed E-state index contributed by atoms with van der Waals surface area (Å²) in [5, 5.41) is 11.3. The maximum atomic E-state index is 13.2. The number of hydrogen-bond donors (Lipinski definition) is 1. The minimum atomic E-state index is -0.691. The van der Waals surface area contributed by atoms with E-state index in [1.165, 1.54) is 0 Å². The van der Waals surface area contributed by atoms with Gasteiger partial charge in [-0.1, -0.05) is 24.8 Å². The summed E-state index contributed by atoms with van der Waals surface area (Å²) >= 11 is 0. The third-order valence-corrected chi connectivity index (χ3v) is 5.80. The van der Waals surface area contributed by atoms with Crippen molar-refractivity contribution < 1.29 is 24.2 Å². The van der Waals surface area contributed by atoms with E-state index < -0.39 is 17.7 Å². The van der Waals surface area contributed by atoms with Crippen molar-refractivity contribution in [3.63, 3.8) is 0 Å². The molecule has 1 aliphatic rings. The van der Waals surface area contributed by atoms with Crippen LogP contribution in [0.4, 0.5) is 0 Å². The number of methoxy groups -OCH3 is 1. The van der Waals surface area contributed by atoms with Crippen LogP contribution in [-0.2, 0) is 9.59 Å². The lowest BCUT2D eigenvalue weighted by Gasteiger charge is -2.26. The molecule has 1 unspecified atom stereocenters. The third kappa shape index (κ3) is 5.31. The number of carbonyl (C=O) groups excluding carboxylic acids is 2. The highest BCUT2D eigenvalue weighted by atomic mass is 16.5. The molecular formula is C27H32N2O5. The van der Waals surface area contributed by atoms with Gasteiger partial charge in [0.15, 0.2) is 0 Å². The third-order valence-electron chi connectivity index (χ3n) is 5.80. The number of ketones is 1. The summed E-state index contributed by atoms with van der Waals surface area (Å²) in [7, 11) is 5.49. The zero-order valence-corrected chi connectivity index (χ0v) is 20.2. The Morgan fingerprint density at radius 2 is 1.82 bits per heavy atom. The van der Waals surface area contributed by atoms with Crippen LogP contribution in [0.1, 0.15) is 29.2 Å². The largest absolute Gasteiger partial charge is 0.507 e. The molecule has 2 aromatic carbocycles. The Balaban J connectivity index is 2.07. The Labute approximate surface area is 200 Å². The monoisotopic (exact) mass is 464 g/mol. The van der Waals surface area contributed by atoms with Gasteiger partial charge in [0.2, 0.25) is 0 Å². The minimum Gasteiger partial charge on any atom is -0.507 e. The van der Waals surface area contributed by atoms with E-state index in [0.717, 1.165) is 17.7 Å². The summed E-state index contributed by atoms with van der Waals surface area (Å²) < 4.78 is 10.8. The molecule has 1 amide bonds. The molecule has 1 saturated heterocycles. The number of Topliss-reactive ketones (excluding diaryl/α,β-unsaturated/α-hetero) is 1. The van der Waals surface area contributed by atoms with Gasteiger partial charge in [0.1, 0.15) is 23.9 Å². The molecule has 1 heterocycles. The van der Waals surface area contributed by atoms with E-state index in [0.29, 0.717) is 36.6 Å². The molecule has 7 nitrogen and oxygen atoms in total. The average molecular weight is 465 g/mol. The number of hydrogen-bond acceptors (Lipinski definition) is 6. The number of ether oxygens (including phenoxy) is 2.